The molecule has 4 aliphatic carbocycles. The van der Waals surface area contributed by atoms with Gasteiger partial charge in [0, 0.05) is 26.1 Å². The van der Waals surface area contributed by atoms with E-state index in [1.165, 1.54) is 0 Å². The van der Waals surface area contributed by atoms with Crippen molar-refractivity contribution in [3.63, 3.8) is 0 Å². The summed E-state index contributed by atoms with van der Waals surface area (Å²) in [7, 11) is 1.72. The van der Waals surface area contributed by atoms with E-state index in [9.17, 15) is 14.4 Å². The Hall–Kier alpha value is -2.37. The molecule has 4 saturated carbocycles. The van der Waals surface area contributed by atoms with E-state index in [2.05, 4.69) is 5.32 Å². The third-order valence-electron chi connectivity index (χ3n) is 6.95. The van der Waals surface area contributed by atoms with E-state index in [-0.39, 0.29) is 29.9 Å². The average molecular weight is 399 g/mol. The first-order valence-electron chi connectivity index (χ1n) is 10.5. The first-order chi connectivity index (χ1) is 13.8. The predicted molar refractivity (Wildman–Crippen MR) is 108 cm³/mol. The van der Waals surface area contributed by atoms with Crippen molar-refractivity contribution in [3.8, 4) is 0 Å². The number of hydrogen-bond donors (Lipinski definition) is 1. The second kappa shape index (κ2) is 7.47. The Labute approximate surface area is 172 Å². The van der Waals surface area contributed by atoms with E-state index in [1.807, 2.05) is 30.3 Å². The minimum Gasteiger partial charge on any atom is -0.455 e. The van der Waals surface area contributed by atoms with Crippen LogP contribution in [0.4, 0.5) is 0 Å². The number of carbonyl (C=O) groups is 3. The Kier molecular flexibility index (Phi) is 5.13. The Morgan fingerprint density at radius 3 is 2.38 bits per heavy atom. The second-order valence-electron chi connectivity index (χ2n) is 9.51. The first kappa shape index (κ1) is 19.9. The van der Waals surface area contributed by atoms with Gasteiger partial charge in [-0.15, -0.1) is 0 Å². The quantitative estimate of drug-likeness (QED) is 0.748. The van der Waals surface area contributed by atoms with Crippen LogP contribution in [0.1, 0.15) is 51.0 Å². The van der Waals surface area contributed by atoms with E-state index < -0.39 is 5.41 Å². The molecule has 2 unspecified atom stereocenters. The number of hydrogen-bond acceptors (Lipinski definition) is 4. The Bertz CT molecular complexity index is 792. The molecule has 6 heteroatoms. The highest BCUT2D eigenvalue weighted by Crippen LogP contribution is 2.62. The van der Waals surface area contributed by atoms with Gasteiger partial charge in [0.15, 0.2) is 6.61 Å². The summed E-state index contributed by atoms with van der Waals surface area (Å²) in [6, 6.07) is 9.74. The molecule has 29 heavy (non-hydrogen) atoms. The molecule has 0 spiro atoms. The van der Waals surface area contributed by atoms with Gasteiger partial charge in [0.2, 0.25) is 5.91 Å². The van der Waals surface area contributed by atoms with Crippen LogP contribution in [0.3, 0.4) is 0 Å². The fourth-order valence-electron chi connectivity index (χ4n) is 6.36. The number of nitrogens with zero attached hydrogens (tertiary/aromatic N) is 1. The molecule has 1 aromatic carbocycles. The van der Waals surface area contributed by atoms with Crippen LogP contribution in [0.15, 0.2) is 30.3 Å². The van der Waals surface area contributed by atoms with E-state index in [0.29, 0.717) is 24.8 Å². The van der Waals surface area contributed by atoms with Crippen molar-refractivity contribution in [2.24, 2.45) is 17.3 Å². The topological polar surface area (TPSA) is 75.7 Å². The number of ether oxygens (including phenoxy) is 1. The highest BCUT2D eigenvalue weighted by atomic mass is 16.5. The Morgan fingerprint density at radius 2 is 1.76 bits per heavy atom. The molecule has 0 saturated heterocycles. The monoisotopic (exact) mass is 398 g/mol. The summed E-state index contributed by atoms with van der Waals surface area (Å²) in [6.45, 7) is 1.80. The predicted octanol–water partition coefficient (Wildman–Crippen LogP) is 2.66. The third-order valence-corrected chi connectivity index (χ3v) is 6.95. The molecule has 0 heterocycles. The molecule has 0 radical (unpaired) electrons. The van der Waals surface area contributed by atoms with Crippen LogP contribution in [0.5, 0.6) is 0 Å². The van der Waals surface area contributed by atoms with Gasteiger partial charge in [0.05, 0.1) is 5.41 Å². The lowest BCUT2D eigenvalue weighted by atomic mass is 9.47. The normalized spacial score (nSPS) is 31.9. The zero-order valence-electron chi connectivity index (χ0n) is 17.3. The highest BCUT2D eigenvalue weighted by molar-refractivity contribution is 5.83. The highest BCUT2D eigenvalue weighted by Gasteiger charge is 2.61. The number of likely N-dealkylation sites (N-methyl/N-ethyl adjacent to an activating group) is 1. The number of esters is 1. The molecule has 2 atom stereocenters. The molecule has 2 amide bonds. The largest absolute Gasteiger partial charge is 0.455 e. The van der Waals surface area contributed by atoms with Crippen LogP contribution in [0.2, 0.25) is 0 Å². The zero-order chi connectivity index (χ0) is 20.6. The first-order valence-corrected chi connectivity index (χ1v) is 10.5. The molecule has 0 aliphatic heterocycles. The van der Waals surface area contributed by atoms with E-state index in [0.717, 1.165) is 37.7 Å². The molecule has 1 aromatic rings. The summed E-state index contributed by atoms with van der Waals surface area (Å²) in [5, 5.41) is 3.16. The van der Waals surface area contributed by atoms with Crippen molar-refractivity contribution >= 4 is 17.8 Å². The van der Waals surface area contributed by atoms with Gasteiger partial charge >= 0.3 is 5.97 Å². The molecule has 4 fully saturated rings. The summed E-state index contributed by atoms with van der Waals surface area (Å²) < 4.78 is 5.55. The number of benzene rings is 1. The minimum atomic E-state index is -0.551. The molecule has 4 bridgehead atoms. The van der Waals surface area contributed by atoms with Gasteiger partial charge in [-0.1, -0.05) is 30.3 Å². The van der Waals surface area contributed by atoms with Crippen LogP contribution >= 0.6 is 0 Å². The van der Waals surface area contributed by atoms with Crippen molar-refractivity contribution in [3.05, 3.63) is 35.9 Å². The zero-order valence-corrected chi connectivity index (χ0v) is 17.3. The maximum absolute atomic E-state index is 13.1. The van der Waals surface area contributed by atoms with Crippen molar-refractivity contribution < 1.29 is 19.1 Å². The smallest absolute Gasteiger partial charge is 0.312 e. The molecule has 0 aromatic heterocycles. The van der Waals surface area contributed by atoms with Gasteiger partial charge < -0.3 is 15.0 Å². The van der Waals surface area contributed by atoms with Crippen LogP contribution in [0, 0.1) is 17.3 Å². The lowest BCUT2D eigenvalue weighted by Crippen LogP contribution is -2.64. The fourth-order valence-corrected chi connectivity index (χ4v) is 6.36. The summed E-state index contributed by atoms with van der Waals surface area (Å²) in [6.07, 6.45) is 5.32. The van der Waals surface area contributed by atoms with Crippen molar-refractivity contribution in [1.29, 1.82) is 0 Å². The molecule has 1 N–H and O–H groups in total. The number of amides is 2. The Balaban J connectivity index is 1.38. The van der Waals surface area contributed by atoms with Gasteiger partial charge in [0.25, 0.3) is 5.91 Å². The summed E-state index contributed by atoms with van der Waals surface area (Å²) in [5.74, 6) is 0.402. The van der Waals surface area contributed by atoms with E-state index in [1.54, 1.807) is 18.9 Å². The molecule has 4 aliphatic rings. The van der Waals surface area contributed by atoms with Gasteiger partial charge in [-0.25, -0.2) is 0 Å². The van der Waals surface area contributed by atoms with Crippen molar-refractivity contribution in [2.75, 3.05) is 13.7 Å². The third kappa shape index (κ3) is 4.02. The van der Waals surface area contributed by atoms with Gasteiger partial charge in [-0.05, 0) is 55.9 Å². The average Bonchev–Trinajstić information content (AvgIpc) is 2.64. The summed E-state index contributed by atoms with van der Waals surface area (Å²) >= 11 is 0. The second-order valence-corrected chi connectivity index (χ2v) is 9.51. The maximum atomic E-state index is 13.1. The summed E-state index contributed by atoms with van der Waals surface area (Å²) in [4.78, 5) is 38.9. The van der Waals surface area contributed by atoms with Gasteiger partial charge in [0.1, 0.15) is 0 Å². The Morgan fingerprint density at radius 1 is 1.10 bits per heavy atom. The van der Waals surface area contributed by atoms with Crippen LogP contribution in [-0.2, 0) is 25.7 Å². The lowest BCUT2D eigenvalue weighted by Gasteiger charge is -2.60. The number of nitrogens with one attached hydrogen (secondary N) is 1. The van der Waals surface area contributed by atoms with Gasteiger partial charge in [-0.3, -0.25) is 14.4 Å². The molecular weight excluding hydrogens is 368 g/mol. The van der Waals surface area contributed by atoms with Crippen molar-refractivity contribution in [2.45, 2.75) is 57.5 Å². The minimum absolute atomic E-state index is 0.0341. The van der Waals surface area contributed by atoms with E-state index in [4.69, 9.17) is 4.74 Å². The molecule has 5 rings (SSSR count). The maximum Gasteiger partial charge on any atom is 0.312 e. The lowest BCUT2D eigenvalue weighted by molar-refractivity contribution is -0.178. The van der Waals surface area contributed by atoms with Crippen LogP contribution < -0.4 is 5.32 Å². The number of rotatable bonds is 6. The standard InChI is InChI=1S/C23H30N2O4/c1-16(26)24-23-11-18-8-19(12-23)10-22(9-18,15-23)21(28)29-14-20(27)25(2)13-17-6-4-3-5-7-17/h3-7,18-19H,8-15H2,1-2H3,(H,24,26). The molecule has 6 nitrogen and oxygen atoms in total. The van der Waals surface area contributed by atoms with Crippen molar-refractivity contribution in [1.82, 2.24) is 10.2 Å². The SMILES string of the molecule is CC(=O)NC12CC3CC(C1)CC(C(=O)OCC(=O)N(C)Cc1ccccc1)(C3)C2. The fraction of sp³-hybridized carbons (Fsp3) is 0.609. The van der Waals surface area contributed by atoms with E-state index >= 15 is 0 Å². The van der Waals surface area contributed by atoms with Crippen LogP contribution in [-0.4, -0.2) is 41.9 Å². The molecular formula is C23H30N2O4. The van der Waals surface area contributed by atoms with Gasteiger partial charge in [-0.2, -0.15) is 0 Å². The van der Waals surface area contributed by atoms with Crippen LogP contribution in [0.25, 0.3) is 0 Å². The molecule has 156 valence electrons. The number of carbonyl (C=O) groups excluding carboxylic acids is 3. The summed E-state index contributed by atoms with van der Waals surface area (Å²) in [5.41, 5.74) is 0.210.